The molecule has 140 valence electrons. The van der Waals surface area contributed by atoms with Crippen molar-refractivity contribution in [2.24, 2.45) is 0 Å². The Kier molecular flexibility index (Phi) is 6.41. The minimum Gasteiger partial charge on any atom is -0.349 e. The van der Waals surface area contributed by atoms with E-state index in [0.717, 1.165) is 21.2 Å². The number of para-hydroxylation sites is 1. The molecule has 1 aromatic heterocycles. The van der Waals surface area contributed by atoms with Crippen LogP contribution in [0.3, 0.4) is 0 Å². The molecule has 0 bridgehead atoms. The lowest BCUT2D eigenvalue weighted by Crippen LogP contribution is -2.28. The maximum Gasteiger partial charge on any atom is 0.230 e. The first-order valence-corrected chi connectivity index (χ1v) is 10.2. The number of carbonyl (C=O) groups excluding carboxylic acids is 1. The zero-order valence-corrected chi connectivity index (χ0v) is 16.5. The van der Waals surface area contributed by atoms with Gasteiger partial charge >= 0.3 is 0 Å². The summed E-state index contributed by atoms with van der Waals surface area (Å²) in [5, 5.41) is 15.0. The highest BCUT2D eigenvalue weighted by Gasteiger charge is 2.12. The van der Waals surface area contributed by atoms with Crippen LogP contribution in [0, 0.1) is 12.7 Å². The second kappa shape index (κ2) is 8.96. The molecule has 0 radical (unpaired) electrons. The highest BCUT2D eigenvalue weighted by atomic mass is 32.2. The molecule has 1 amide bonds. The van der Waals surface area contributed by atoms with Crippen LogP contribution in [0.4, 0.5) is 15.2 Å². The van der Waals surface area contributed by atoms with Crippen molar-refractivity contribution in [2.75, 3.05) is 11.1 Å². The summed E-state index contributed by atoms with van der Waals surface area (Å²) in [6.07, 6.45) is 0. The van der Waals surface area contributed by atoms with E-state index >= 15 is 0 Å². The first-order chi connectivity index (χ1) is 13.0. The standard InChI is InChI=1S/C19H19FN4OS2/c1-12-5-3-4-6-16(12)22-18-23-24-19(27-18)26-11-17(25)21-13(2)14-7-9-15(20)10-8-14/h3-10,13H,11H2,1-2H3,(H,21,25)(H,22,23)/t13-/m1/s1. The van der Waals surface area contributed by atoms with Crippen LogP contribution in [0.2, 0.25) is 0 Å². The quantitative estimate of drug-likeness (QED) is 0.561. The second-order valence-electron chi connectivity index (χ2n) is 5.94. The average Bonchev–Trinajstić information content (AvgIpc) is 3.10. The molecular formula is C19H19FN4OS2. The van der Waals surface area contributed by atoms with E-state index in [-0.39, 0.29) is 23.5 Å². The summed E-state index contributed by atoms with van der Waals surface area (Å²) in [5.41, 5.74) is 2.96. The molecule has 1 atom stereocenters. The number of carbonyl (C=O) groups is 1. The number of nitrogens with one attached hydrogen (secondary N) is 2. The summed E-state index contributed by atoms with van der Waals surface area (Å²) in [6, 6.07) is 13.9. The molecule has 8 heteroatoms. The van der Waals surface area contributed by atoms with Crippen molar-refractivity contribution in [1.82, 2.24) is 15.5 Å². The topological polar surface area (TPSA) is 66.9 Å². The van der Waals surface area contributed by atoms with Gasteiger partial charge in [-0.05, 0) is 43.2 Å². The number of hydrogen-bond acceptors (Lipinski definition) is 6. The molecule has 0 saturated heterocycles. The van der Waals surface area contributed by atoms with E-state index in [9.17, 15) is 9.18 Å². The third-order valence-corrected chi connectivity index (χ3v) is 5.84. The number of aryl methyl sites for hydroxylation is 1. The molecule has 0 saturated carbocycles. The average molecular weight is 403 g/mol. The summed E-state index contributed by atoms with van der Waals surface area (Å²) in [7, 11) is 0. The van der Waals surface area contributed by atoms with Crippen LogP contribution in [0.15, 0.2) is 52.9 Å². The van der Waals surface area contributed by atoms with Gasteiger partial charge in [0, 0.05) is 5.69 Å². The lowest BCUT2D eigenvalue weighted by Gasteiger charge is -2.13. The van der Waals surface area contributed by atoms with Crippen molar-refractivity contribution in [2.45, 2.75) is 24.2 Å². The number of amides is 1. The largest absolute Gasteiger partial charge is 0.349 e. The molecule has 2 N–H and O–H groups in total. The molecule has 27 heavy (non-hydrogen) atoms. The maximum atomic E-state index is 13.0. The Hall–Kier alpha value is -2.45. The number of nitrogens with zero attached hydrogens (tertiary/aromatic N) is 2. The highest BCUT2D eigenvalue weighted by Crippen LogP contribution is 2.28. The second-order valence-corrected chi connectivity index (χ2v) is 8.14. The Balaban J connectivity index is 1.50. The fourth-order valence-electron chi connectivity index (χ4n) is 2.39. The van der Waals surface area contributed by atoms with Crippen molar-refractivity contribution >= 4 is 39.8 Å². The summed E-state index contributed by atoms with van der Waals surface area (Å²) in [4.78, 5) is 12.1. The van der Waals surface area contributed by atoms with Gasteiger partial charge in [-0.25, -0.2) is 4.39 Å². The molecule has 5 nitrogen and oxygen atoms in total. The van der Waals surface area contributed by atoms with Crippen LogP contribution in [-0.4, -0.2) is 21.9 Å². The maximum absolute atomic E-state index is 13.0. The number of halogens is 1. The zero-order chi connectivity index (χ0) is 19.2. The third-order valence-electron chi connectivity index (χ3n) is 3.87. The Morgan fingerprint density at radius 2 is 1.93 bits per heavy atom. The van der Waals surface area contributed by atoms with Gasteiger partial charge in [0.05, 0.1) is 11.8 Å². The number of benzene rings is 2. The fourth-order valence-corrected chi connectivity index (χ4v) is 3.97. The van der Waals surface area contributed by atoms with Gasteiger partial charge in [0.1, 0.15) is 5.82 Å². The number of thioether (sulfide) groups is 1. The van der Waals surface area contributed by atoms with E-state index in [1.165, 1.54) is 35.2 Å². The monoisotopic (exact) mass is 402 g/mol. The number of rotatable bonds is 7. The summed E-state index contributed by atoms with van der Waals surface area (Å²) in [5.74, 6) is -0.162. The molecule has 3 rings (SSSR count). The normalized spacial score (nSPS) is 11.8. The van der Waals surface area contributed by atoms with Gasteiger partial charge in [-0.15, -0.1) is 10.2 Å². The minimum absolute atomic E-state index is 0.111. The Labute approximate surface area is 165 Å². The number of aromatic nitrogens is 2. The molecule has 0 aliphatic heterocycles. The zero-order valence-electron chi connectivity index (χ0n) is 14.9. The van der Waals surface area contributed by atoms with Gasteiger partial charge in [0.2, 0.25) is 11.0 Å². The molecule has 2 aromatic carbocycles. The predicted octanol–water partition coefficient (Wildman–Crippen LogP) is 4.70. The van der Waals surface area contributed by atoms with Gasteiger partial charge < -0.3 is 10.6 Å². The van der Waals surface area contributed by atoms with E-state index in [1.807, 2.05) is 38.1 Å². The van der Waals surface area contributed by atoms with Gasteiger partial charge in [-0.3, -0.25) is 4.79 Å². The predicted molar refractivity (Wildman–Crippen MR) is 108 cm³/mol. The van der Waals surface area contributed by atoms with Crippen LogP contribution >= 0.6 is 23.1 Å². The first-order valence-electron chi connectivity index (χ1n) is 8.35. The van der Waals surface area contributed by atoms with Crippen LogP contribution < -0.4 is 10.6 Å². The van der Waals surface area contributed by atoms with E-state index < -0.39 is 0 Å². The molecule has 0 aliphatic rings. The number of anilines is 2. The molecular weight excluding hydrogens is 383 g/mol. The Morgan fingerprint density at radius 1 is 1.19 bits per heavy atom. The molecule has 0 fully saturated rings. The van der Waals surface area contributed by atoms with E-state index in [0.29, 0.717) is 5.13 Å². The molecule has 1 heterocycles. The van der Waals surface area contributed by atoms with E-state index in [4.69, 9.17) is 0 Å². The van der Waals surface area contributed by atoms with Crippen molar-refractivity contribution in [3.63, 3.8) is 0 Å². The molecule has 3 aromatic rings. The summed E-state index contributed by atoms with van der Waals surface area (Å²) >= 11 is 2.74. The SMILES string of the molecule is Cc1ccccc1Nc1nnc(SCC(=O)N[C@H](C)c2ccc(F)cc2)s1. The fraction of sp³-hybridized carbons (Fsp3) is 0.211. The summed E-state index contributed by atoms with van der Waals surface area (Å²) < 4.78 is 13.7. The minimum atomic E-state index is -0.292. The van der Waals surface area contributed by atoms with Crippen molar-refractivity contribution < 1.29 is 9.18 Å². The molecule has 0 spiro atoms. The molecule has 0 unspecified atom stereocenters. The van der Waals surface area contributed by atoms with Crippen LogP contribution in [0.5, 0.6) is 0 Å². The van der Waals surface area contributed by atoms with Gasteiger partial charge in [0.15, 0.2) is 4.34 Å². The number of hydrogen-bond donors (Lipinski definition) is 2. The highest BCUT2D eigenvalue weighted by molar-refractivity contribution is 8.01. The van der Waals surface area contributed by atoms with Crippen molar-refractivity contribution in [3.8, 4) is 0 Å². The lowest BCUT2D eigenvalue weighted by atomic mass is 10.1. The lowest BCUT2D eigenvalue weighted by molar-refractivity contribution is -0.119. The Bertz CT molecular complexity index is 914. The third kappa shape index (κ3) is 5.51. The van der Waals surface area contributed by atoms with Crippen molar-refractivity contribution in [1.29, 1.82) is 0 Å². The van der Waals surface area contributed by atoms with Crippen LogP contribution in [0.25, 0.3) is 0 Å². The first kappa shape index (κ1) is 19.3. The smallest absolute Gasteiger partial charge is 0.230 e. The van der Waals surface area contributed by atoms with E-state index in [1.54, 1.807) is 12.1 Å². The van der Waals surface area contributed by atoms with Gasteiger partial charge in [-0.2, -0.15) is 0 Å². The van der Waals surface area contributed by atoms with Crippen LogP contribution in [0.1, 0.15) is 24.1 Å². The summed E-state index contributed by atoms with van der Waals surface area (Å²) in [6.45, 7) is 3.89. The van der Waals surface area contributed by atoms with Gasteiger partial charge in [-0.1, -0.05) is 53.4 Å². The molecule has 0 aliphatic carbocycles. The van der Waals surface area contributed by atoms with Gasteiger partial charge in [0.25, 0.3) is 0 Å². The van der Waals surface area contributed by atoms with Crippen molar-refractivity contribution in [3.05, 3.63) is 65.5 Å². The Morgan fingerprint density at radius 3 is 2.67 bits per heavy atom. The van der Waals surface area contributed by atoms with Crippen LogP contribution in [-0.2, 0) is 4.79 Å². The van der Waals surface area contributed by atoms with E-state index in [2.05, 4.69) is 20.8 Å².